The second-order valence-corrected chi connectivity index (χ2v) is 5.09. The summed E-state index contributed by atoms with van der Waals surface area (Å²) < 4.78 is 26.9. The zero-order valence-electron chi connectivity index (χ0n) is 7.81. The molecule has 0 spiro atoms. The van der Waals surface area contributed by atoms with Crippen molar-refractivity contribution in [3.8, 4) is 0 Å². The molecule has 84 valence electrons. The van der Waals surface area contributed by atoms with E-state index >= 15 is 0 Å². The van der Waals surface area contributed by atoms with Crippen LogP contribution in [0.25, 0.3) is 11.0 Å². The van der Waals surface area contributed by atoms with E-state index in [0.717, 1.165) is 6.07 Å². The second-order valence-electron chi connectivity index (χ2n) is 3.13. The van der Waals surface area contributed by atoms with Gasteiger partial charge >= 0.3 is 5.63 Å². The molecule has 0 aliphatic heterocycles. The zero-order valence-corrected chi connectivity index (χ0v) is 9.38. The van der Waals surface area contributed by atoms with Gasteiger partial charge in [-0.25, -0.2) is 18.4 Å². The Balaban J connectivity index is 2.90. The van der Waals surface area contributed by atoms with E-state index in [-0.39, 0.29) is 5.58 Å². The van der Waals surface area contributed by atoms with Crippen LogP contribution in [-0.4, -0.2) is 8.42 Å². The molecule has 2 rings (SSSR count). The van der Waals surface area contributed by atoms with Crippen LogP contribution in [0.15, 0.2) is 38.4 Å². The van der Waals surface area contributed by atoms with Crippen molar-refractivity contribution in [1.29, 1.82) is 0 Å². The van der Waals surface area contributed by atoms with Crippen LogP contribution in [0.4, 0.5) is 0 Å². The fourth-order valence-corrected chi connectivity index (χ4v) is 2.02. The SMILES string of the molecule is NS(=O)(=O)c1cc2cc(Cl)ccc2oc1=O. The van der Waals surface area contributed by atoms with Crippen LogP contribution in [0, 0.1) is 0 Å². The maximum atomic E-state index is 11.3. The lowest BCUT2D eigenvalue weighted by molar-refractivity contribution is 0.533. The number of fused-ring (bicyclic) bond motifs is 1. The zero-order chi connectivity index (χ0) is 11.9. The van der Waals surface area contributed by atoms with E-state index in [2.05, 4.69) is 0 Å². The highest BCUT2D eigenvalue weighted by molar-refractivity contribution is 7.89. The first-order valence-electron chi connectivity index (χ1n) is 4.14. The number of hydrogen-bond donors (Lipinski definition) is 1. The van der Waals surface area contributed by atoms with Crippen molar-refractivity contribution < 1.29 is 12.8 Å². The molecule has 1 heterocycles. The Morgan fingerprint density at radius 2 is 1.94 bits per heavy atom. The molecule has 0 fully saturated rings. The molecule has 0 radical (unpaired) electrons. The monoisotopic (exact) mass is 259 g/mol. The van der Waals surface area contributed by atoms with Crippen LogP contribution >= 0.6 is 11.6 Å². The van der Waals surface area contributed by atoms with Gasteiger partial charge in [0.1, 0.15) is 5.58 Å². The van der Waals surface area contributed by atoms with Crippen LogP contribution in [-0.2, 0) is 10.0 Å². The molecule has 0 saturated heterocycles. The molecule has 5 nitrogen and oxygen atoms in total. The lowest BCUT2D eigenvalue weighted by Crippen LogP contribution is -2.20. The quantitative estimate of drug-likeness (QED) is 0.776. The maximum absolute atomic E-state index is 11.3. The number of primary sulfonamides is 1. The molecule has 1 aromatic heterocycles. The lowest BCUT2D eigenvalue weighted by Gasteiger charge is -2.00. The number of halogens is 1. The summed E-state index contributed by atoms with van der Waals surface area (Å²) in [6.45, 7) is 0. The van der Waals surface area contributed by atoms with Gasteiger partial charge in [0.15, 0.2) is 4.90 Å². The standard InChI is InChI=1S/C9H6ClNO4S/c10-6-1-2-7-5(3-6)4-8(9(12)15-7)16(11,13)14/h1-4H,(H2,11,13,14). The van der Waals surface area contributed by atoms with Gasteiger partial charge in [-0.3, -0.25) is 0 Å². The molecule has 16 heavy (non-hydrogen) atoms. The highest BCUT2D eigenvalue weighted by atomic mass is 35.5. The van der Waals surface area contributed by atoms with Gasteiger partial charge in [-0.15, -0.1) is 0 Å². The first kappa shape index (κ1) is 11.1. The summed E-state index contributed by atoms with van der Waals surface area (Å²) in [5.41, 5.74) is -0.737. The minimum absolute atomic E-state index is 0.252. The number of rotatable bonds is 1. The first-order valence-corrected chi connectivity index (χ1v) is 6.06. The summed E-state index contributed by atoms with van der Waals surface area (Å²) in [6, 6.07) is 5.63. The van der Waals surface area contributed by atoms with Gasteiger partial charge in [0, 0.05) is 10.4 Å². The Labute approximate surface area is 95.5 Å². The predicted octanol–water partition coefficient (Wildman–Crippen LogP) is 1.09. The minimum atomic E-state index is -4.09. The normalized spacial score (nSPS) is 11.9. The van der Waals surface area contributed by atoms with Crippen LogP contribution in [0.5, 0.6) is 0 Å². The number of nitrogens with two attached hydrogens (primary N) is 1. The van der Waals surface area contributed by atoms with E-state index < -0.39 is 20.5 Å². The molecular formula is C9H6ClNO4S. The summed E-state index contributed by atoms with van der Waals surface area (Å²) in [4.78, 5) is 10.7. The Hall–Kier alpha value is -1.37. The van der Waals surface area contributed by atoms with Gasteiger partial charge in [-0.1, -0.05) is 11.6 Å². The topological polar surface area (TPSA) is 90.4 Å². The van der Waals surface area contributed by atoms with Gasteiger partial charge in [0.05, 0.1) is 0 Å². The van der Waals surface area contributed by atoms with Crippen molar-refractivity contribution >= 4 is 32.6 Å². The van der Waals surface area contributed by atoms with Crippen LogP contribution < -0.4 is 10.8 Å². The van der Waals surface area contributed by atoms with Crippen molar-refractivity contribution in [3.63, 3.8) is 0 Å². The molecule has 2 aromatic rings. The first-order chi connectivity index (χ1) is 7.38. The molecule has 0 amide bonds. The third-order valence-electron chi connectivity index (χ3n) is 1.97. The van der Waals surface area contributed by atoms with E-state index in [9.17, 15) is 13.2 Å². The smallest absolute Gasteiger partial charge is 0.356 e. The van der Waals surface area contributed by atoms with E-state index in [4.69, 9.17) is 21.2 Å². The van der Waals surface area contributed by atoms with Crippen molar-refractivity contribution in [2.24, 2.45) is 5.14 Å². The molecule has 0 aliphatic rings. The van der Waals surface area contributed by atoms with Crippen molar-refractivity contribution in [1.82, 2.24) is 0 Å². The molecule has 0 atom stereocenters. The average Bonchev–Trinajstić information content (AvgIpc) is 2.16. The van der Waals surface area contributed by atoms with Gasteiger partial charge in [0.25, 0.3) is 0 Å². The molecule has 1 aromatic carbocycles. The second kappa shape index (κ2) is 3.58. The van der Waals surface area contributed by atoms with Gasteiger partial charge in [0.2, 0.25) is 10.0 Å². The van der Waals surface area contributed by atoms with Gasteiger partial charge in [-0.05, 0) is 24.3 Å². The number of sulfonamides is 1. The molecule has 2 N–H and O–H groups in total. The van der Waals surface area contributed by atoms with Crippen LogP contribution in [0.3, 0.4) is 0 Å². The molecular weight excluding hydrogens is 254 g/mol. The fourth-order valence-electron chi connectivity index (χ4n) is 1.27. The molecule has 0 aliphatic carbocycles. The minimum Gasteiger partial charge on any atom is -0.422 e. The average molecular weight is 260 g/mol. The lowest BCUT2D eigenvalue weighted by atomic mass is 10.2. The highest BCUT2D eigenvalue weighted by Crippen LogP contribution is 2.19. The van der Waals surface area contributed by atoms with Crippen LogP contribution in [0.2, 0.25) is 5.02 Å². The van der Waals surface area contributed by atoms with Crippen molar-refractivity contribution in [3.05, 3.63) is 39.7 Å². The van der Waals surface area contributed by atoms with E-state index in [1.54, 1.807) is 0 Å². The Bertz CT molecular complexity index is 720. The molecule has 0 saturated carbocycles. The van der Waals surface area contributed by atoms with Crippen molar-refractivity contribution in [2.75, 3.05) is 0 Å². The van der Waals surface area contributed by atoms with Gasteiger partial charge < -0.3 is 4.42 Å². The third kappa shape index (κ3) is 1.95. The van der Waals surface area contributed by atoms with Crippen LogP contribution in [0.1, 0.15) is 0 Å². The van der Waals surface area contributed by atoms with E-state index in [1.165, 1.54) is 18.2 Å². The summed E-state index contributed by atoms with van der Waals surface area (Å²) in [5, 5.41) is 5.67. The predicted molar refractivity (Wildman–Crippen MR) is 58.9 cm³/mol. The molecule has 0 bridgehead atoms. The van der Waals surface area contributed by atoms with E-state index in [1.807, 2.05) is 0 Å². The summed E-state index contributed by atoms with van der Waals surface area (Å²) in [7, 11) is -4.09. The summed E-state index contributed by atoms with van der Waals surface area (Å²) in [6.07, 6.45) is 0. The third-order valence-corrected chi connectivity index (χ3v) is 3.10. The number of benzene rings is 1. The summed E-state index contributed by atoms with van der Waals surface area (Å²) >= 11 is 5.72. The molecule has 0 unspecified atom stereocenters. The Kier molecular flexibility index (Phi) is 2.49. The number of hydrogen-bond acceptors (Lipinski definition) is 4. The Morgan fingerprint density at radius 1 is 1.25 bits per heavy atom. The maximum Gasteiger partial charge on any atom is 0.356 e. The largest absolute Gasteiger partial charge is 0.422 e. The van der Waals surface area contributed by atoms with E-state index in [0.29, 0.717) is 10.4 Å². The van der Waals surface area contributed by atoms with Crippen molar-refractivity contribution in [2.45, 2.75) is 4.90 Å². The highest BCUT2D eigenvalue weighted by Gasteiger charge is 2.15. The molecule has 7 heteroatoms. The fraction of sp³-hybridized carbons (Fsp3) is 0. The van der Waals surface area contributed by atoms with Gasteiger partial charge in [-0.2, -0.15) is 0 Å². The Morgan fingerprint density at radius 3 is 2.56 bits per heavy atom. The summed E-state index contributed by atoms with van der Waals surface area (Å²) in [5.74, 6) is 0.